The van der Waals surface area contributed by atoms with E-state index in [1.54, 1.807) is 0 Å². The fourth-order valence-corrected chi connectivity index (χ4v) is 1.59. The Balaban J connectivity index is 2.06. The Bertz CT molecular complexity index is 667. The zero-order valence-corrected chi connectivity index (χ0v) is 10.6. The normalized spacial score (nSPS) is 10.0. The number of carboxylic acid groups (broad SMARTS) is 1. The number of amides is 2. The first-order valence-corrected chi connectivity index (χ1v) is 5.83. The van der Waals surface area contributed by atoms with Crippen molar-refractivity contribution in [3.63, 3.8) is 0 Å². The highest BCUT2D eigenvalue weighted by Crippen LogP contribution is 2.18. The van der Waals surface area contributed by atoms with E-state index >= 15 is 0 Å². The van der Waals surface area contributed by atoms with Crippen molar-refractivity contribution in [2.45, 2.75) is 0 Å². The Labute approximate surface area is 118 Å². The van der Waals surface area contributed by atoms with Gasteiger partial charge in [-0.15, -0.1) is 0 Å². The summed E-state index contributed by atoms with van der Waals surface area (Å²) < 4.78 is 26.7. The number of carbonyl (C=O) groups excluding carboxylic acids is 1. The fraction of sp³-hybridized carbons (Fsp3) is 0. The van der Waals surface area contributed by atoms with Gasteiger partial charge in [0.2, 0.25) is 0 Å². The molecule has 0 bridgehead atoms. The van der Waals surface area contributed by atoms with E-state index in [9.17, 15) is 18.4 Å². The minimum atomic E-state index is -1.10. The van der Waals surface area contributed by atoms with E-state index in [1.165, 1.54) is 30.3 Å². The van der Waals surface area contributed by atoms with E-state index in [0.29, 0.717) is 0 Å². The molecule has 2 aromatic rings. The van der Waals surface area contributed by atoms with Crippen molar-refractivity contribution in [3.05, 3.63) is 59.7 Å². The van der Waals surface area contributed by atoms with Crippen molar-refractivity contribution in [1.29, 1.82) is 0 Å². The number of rotatable bonds is 3. The largest absolute Gasteiger partial charge is 0.478 e. The second kappa shape index (κ2) is 6.00. The molecule has 0 heterocycles. The van der Waals surface area contributed by atoms with Gasteiger partial charge in [-0.2, -0.15) is 0 Å². The van der Waals surface area contributed by atoms with Crippen molar-refractivity contribution >= 4 is 23.4 Å². The van der Waals surface area contributed by atoms with E-state index in [-0.39, 0.29) is 11.3 Å². The maximum absolute atomic E-state index is 13.3. The Morgan fingerprint density at radius 2 is 1.48 bits per heavy atom. The quantitative estimate of drug-likeness (QED) is 0.812. The molecule has 3 N–H and O–H groups in total. The molecular weight excluding hydrogens is 282 g/mol. The summed E-state index contributed by atoms with van der Waals surface area (Å²) in [6, 6.07) is 7.67. The number of hydrogen-bond acceptors (Lipinski definition) is 2. The molecule has 21 heavy (non-hydrogen) atoms. The lowest BCUT2D eigenvalue weighted by molar-refractivity contribution is 0.0697. The summed E-state index contributed by atoms with van der Waals surface area (Å²) in [6.45, 7) is 0. The van der Waals surface area contributed by atoms with Crippen molar-refractivity contribution in [1.82, 2.24) is 0 Å². The second-order valence-corrected chi connectivity index (χ2v) is 4.06. The molecule has 0 unspecified atom stereocenters. The number of anilines is 2. The molecule has 0 saturated carbocycles. The van der Waals surface area contributed by atoms with Crippen LogP contribution in [-0.2, 0) is 0 Å². The molecule has 0 aliphatic rings. The van der Waals surface area contributed by atoms with Crippen LogP contribution in [0.1, 0.15) is 10.4 Å². The molecule has 0 spiro atoms. The van der Waals surface area contributed by atoms with Crippen LogP contribution in [0, 0.1) is 11.6 Å². The van der Waals surface area contributed by atoms with Gasteiger partial charge in [0.1, 0.15) is 17.3 Å². The number of nitrogens with one attached hydrogen (secondary N) is 2. The van der Waals surface area contributed by atoms with Crippen LogP contribution < -0.4 is 10.6 Å². The van der Waals surface area contributed by atoms with Crippen LogP contribution in [0.4, 0.5) is 25.0 Å². The molecule has 0 atom stereocenters. The first-order chi connectivity index (χ1) is 9.97. The van der Waals surface area contributed by atoms with Crippen LogP contribution in [-0.4, -0.2) is 17.1 Å². The van der Waals surface area contributed by atoms with Crippen molar-refractivity contribution in [2.24, 2.45) is 0 Å². The molecule has 0 aliphatic carbocycles. The van der Waals surface area contributed by atoms with Crippen LogP contribution in [0.25, 0.3) is 0 Å². The van der Waals surface area contributed by atoms with E-state index in [0.717, 1.165) is 12.1 Å². The molecule has 2 amide bonds. The van der Waals surface area contributed by atoms with Crippen molar-refractivity contribution in [3.8, 4) is 0 Å². The molecule has 0 radical (unpaired) electrons. The fourth-order valence-electron chi connectivity index (χ4n) is 1.59. The number of urea groups is 1. The summed E-state index contributed by atoms with van der Waals surface area (Å²) in [5.74, 6) is -2.89. The number of para-hydroxylation sites is 1. The van der Waals surface area contributed by atoms with Gasteiger partial charge in [-0.1, -0.05) is 6.07 Å². The Morgan fingerprint density at radius 1 is 0.905 bits per heavy atom. The molecule has 108 valence electrons. The third-order valence-corrected chi connectivity index (χ3v) is 2.59. The summed E-state index contributed by atoms with van der Waals surface area (Å²) in [6.07, 6.45) is 0. The maximum atomic E-state index is 13.3. The lowest BCUT2D eigenvalue weighted by atomic mass is 10.2. The Kier molecular flexibility index (Phi) is 4.13. The molecule has 0 fully saturated rings. The molecule has 2 aromatic carbocycles. The third kappa shape index (κ3) is 3.53. The van der Waals surface area contributed by atoms with Crippen LogP contribution in [0.5, 0.6) is 0 Å². The van der Waals surface area contributed by atoms with E-state index in [1.807, 2.05) is 5.32 Å². The van der Waals surface area contributed by atoms with Crippen LogP contribution in [0.15, 0.2) is 42.5 Å². The summed E-state index contributed by atoms with van der Waals surface area (Å²) >= 11 is 0. The van der Waals surface area contributed by atoms with Crippen molar-refractivity contribution in [2.75, 3.05) is 10.6 Å². The monoisotopic (exact) mass is 292 g/mol. The van der Waals surface area contributed by atoms with E-state index < -0.39 is 29.3 Å². The summed E-state index contributed by atoms with van der Waals surface area (Å²) in [5, 5.41) is 13.1. The maximum Gasteiger partial charge on any atom is 0.335 e. The molecule has 7 heteroatoms. The predicted octanol–water partition coefficient (Wildman–Crippen LogP) is 3.31. The molecule has 0 aromatic heterocycles. The number of carbonyl (C=O) groups is 2. The molecular formula is C14H10F2N2O3. The minimum Gasteiger partial charge on any atom is -0.478 e. The van der Waals surface area contributed by atoms with Gasteiger partial charge in [-0.25, -0.2) is 18.4 Å². The second-order valence-electron chi connectivity index (χ2n) is 4.06. The predicted molar refractivity (Wildman–Crippen MR) is 72.4 cm³/mol. The van der Waals surface area contributed by atoms with Gasteiger partial charge in [-0.3, -0.25) is 0 Å². The van der Waals surface area contributed by atoms with Crippen LogP contribution in [0.3, 0.4) is 0 Å². The van der Waals surface area contributed by atoms with Gasteiger partial charge in [0.25, 0.3) is 0 Å². The van der Waals surface area contributed by atoms with Gasteiger partial charge in [0.05, 0.1) is 5.56 Å². The highest BCUT2D eigenvalue weighted by molar-refractivity contribution is 6.00. The Morgan fingerprint density at radius 3 is 2.00 bits per heavy atom. The molecule has 2 rings (SSSR count). The topological polar surface area (TPSA) is 78.4 Å². The standard InChI is InChI=1S/C14H10F2N2O3/c15-10-2-1-3-11(16)12(10)18-14(21)17-9-6-4-8(5-7-9)13(19)20/h1-7H,(H,19,20)(H2,17,18,21). The molecule has 5 nitrogen and oxygen atoms in total. The SMILES string of the molecule is O=C(Nc1ccc(C(=O)O)cc1)Nc1c(F)cccc1F. The van der Waals surface area contributed by atoms with Crippen molar-refractivity contribution < 1.29 is 23.5 Å². The minimum absolute atomic E-state index is 0.0566. The zero-order chi connectivity index (χ0) is 15.4. The van der Waals surface area contributed by atoms with Crippen LogP contribution in [0.2, 0.25) is 0 Å². The molecule has 0 aliphatic heterocycles. The number of aromatic carboxylic acids is 1. The molecule has 0 saturated heterocycles. The Hall–Kier alpha value is -2.96. The van der Waals surface area contributed by atoms with E-state index in [4.69, 9.17) is 5.11 Å². The highest BCUT2D eigenvalue weighted by atomic mass is 19.1. The average Bonchev–Trinajstić information content (AvgIpc) is 2.43. The smallest absolute Gasteiger partial charge is 0.335 e. The highest BCUT2D eigenvalue weighted by Gasteiger charge is 2.12. The summed E-state index contributed by atoms with van der Waals surface area (Å²) in [5.41, 5.74) is -0.215. The van der Waals surface area contributed by atoms with Gasteiger partial charge in [-0.05, 0) is 36.4 Å². The number of carboxylic acids is 1. The van der Waals surface area contributed by atoms with Gasteiger partial charge < -0.3 is 15.7 Å². The third-order valence-electron chi connectivity index (χ3n) is 2.59. The number of hydrogen-bond donors (Lipinski definition) is 3. The zero-order valence-electron chi connectivity index (χ0n) is 10.6. The summed E-state index contributed by atoms with van der Waals surface area (Å²) in [4.78, 5) is 22.3. The lowest BCUT2D eigenvalue weighted by Gasteiger charge is -2.09. The van der Waals surface area contributed by atoms with Gasteiger partial charge in [0.15, 0.2) is 0 Å². The first kappa shape index (κ1) is 14.4. The van der Waals surface area contributed by atoms with Crippen LogP contribution >= 0.6 is 0 Å². The lowest BCUT2D eigenvalue weighted by Crippen LogP contribution is -2.21. The van der Waals surface area contributed by atoms with Gasteiger partial charge >= 0.3 is 12.0 Å². The van der Waals surface area contributed by atoms with Gasteiger partial charge in [0, 0.05) is 5.69 Å². The summed E-state index contributed by atoms with van der Waals surface area (Å²) in [7, 11) is 0. The number of halogens is 2. The average molecular weight is 292 g/mol. The first-order valence-electron chi connectivity index (χ1n) is 5.83. The number of benzene rings is 2. The van der Waals surface area contributed by atoms with E-state index in [2.05, 4.69) is 5.32 Å².